The Morgan fingerprint density at radius 3 is 2.32 bits per heavy atom. The van der Waals surface area contributed by atoms with Crippen molar-refractivity contribution < 1.29 is 9.84 Å². The fraction of sp³-hybridized carbons (Fsp3) is 0.263. The number of hydrogen-bond donors (Lipinski definition) is 4. The maximum atomic E-state index is 8.79. The number of phenolic OH excluding ortho intramolecular Hbond substituents is 1. The molecule has 11 nitrogen and oxygen atoms in total. The minimum absolute atomic E-state index is 0.252. The van der Waals surface area contributed by atoms with Crippen molar-refractivity contribution >= 4 is 69.9 Å². The van der Waals surface area contributed by atoms with Gasteiger partial charge in [-0.15, -0.1) is 0 Å². The number of aromatic nitrogens is 1. The Morgan fingerprint density at radius 2 is 1.64 bits per heavy atom. The van der Waals surface area contributed by atoms with Crippen molar-refractivity contribution in [3.05, 3.63) is 96.0 Å². The van der Waals surface area contributed by atoms with Crippen molar-refractivity contribution in [2.75, 3.05) is 70.3 Å². The summed E-state index contributed by atoms with van der Waals surface area (Å²) in [6.07, 6.45) is 0.922. The van der Waals surface area contributed by atoms with Crippen LogP contribution in [0.4, 0.5) is 17.1 Å². The first-order valence-corrected chi connectivity index (χ1v) is 16.8. The van der Waals surface area contributed by atoms with Gasteiger partial charge in [0.1, 0.15) is 11.5 Å². The van der Waals surface area contributed by atoms with Crippen molar-refractivity contribution in [2.24, 2.45) is 20.7 Å². The molecule has 1 saturated heterocycles. The highest BCUT2D eigenvalue weighted by Crippen LogP contribution is 2.34. The van der Waals surface area contributed by atoms with Gasteiger partial charge in [0.05, 0.1) is 36.2 Å². The predicted molar refractivity (Wildman–Crippen MR) is 211 cm³/mol. The highest BCUT2D eigenvalue weighted by Gasteiger charge is 2.19. The Kier molecular flexibility index (Phi) is 14.8. The summed E-state index contributed by atoms with van der Waals surface area (Å²) in [4.78, 5) is 21.9. The lowest BCUT2D eigenvalue weighted by Gasteiger charge is -2.36. The van der Waals surface area contributed by atoms with Gasteiger partial charge in [-0.25, -0.2) is 15.0 Å². The number of fused-ring (bicyclic) bond motifs is 2. The van der Waals surface area contributed by atoms with Gasteiger partial charge < -0.3 is 30.7 Å². The summed E-state index contributed by atoms with van der Waals surface area (Å²) < 4.78 is 5.46. The molecule has 1 aliphatic rings. The van der Waals surface area contributed by atoms with Gasteiger partial charge >= 0.3 is 0 Å². The Bertz CT molecular complexity index is 1850. The molecule has 6 rings (SSSR count). The normalized spacial score (nSPS) is 12.8. The molecule has 0 aliphatic carbocycles. The number of nitrogens with zero attached hydrogens (tertiary/aromatic N) is 6. The maximum Gasteiger partial charge on any atom is 0.221 e. The molecule has 1 aliphatic heterocycles. The fourth-order valence-corrected chi connectivity index (χ4v) is 5.62. The van der Waals surface area contributed by atoms with Crippen LogP contribution < -0.4 is 26.0 Å². The molecule has 0 saturated carbocycles. The molecule has 50 heavy (non-hydrogen) atoms. The molecule has 0 atom stereocenters. The minimum Gasteiger partial charge on any atom is -0.508 e. The predicted octanol–water partition coefficient (Wildman–Crippen LogP) is 6.58. The third kappa shape index (κ3) is 10.4. The van der Waals surface area contributed by atoms with Crippen LogP contribution in [0.15, 0.2) is 106 Å². The zero-order valence-corrected chi connectivity index (χ0v) is 29.5. The van der Waals surface area contributed by atoms with Crippen LogP contribution in [0.2, 0.25) is 5.02 Å². The molecule has 5 aromatic rings. The van der Waals surface area contributed by atoms with E-state index in [1.165, 1.54) is 12.7 Å². The Hall–Kier alpha value is -5.23. The SMILES string of the molecule is C=N/C(=N\CNCCCNc1c2ccc(Cl)cc2nc2ccc(OC)cc12)N1CCN(c2ccccc2)CC1.C=Nc1ccc(O)cc1.CN. The van der Waals surface area contributed by atoms with Crippen molar-refractivity contribution in [2.45, 2.75) is 6.42 Å². The number of piperazine rings is 1. The molecule has 262 valence electrons. The molecule has 0 spiro atoms. The molecular weight excluding hydrogens is 650 g/mol. The number of halogens is 1. The van der Waals surface area contributed by atoms with E-state index in [9.17, 15) is 0 Å². The second kappa shape index (κ2) is 19.7. The standard InChI is InChI=1S/C30H34ClN7O.C7H7NO.CH5N/c1-32-30(38-17-15-37(16-18-38)23-7-4-3-5-8-23)35-21-33-13-6-14-34-29-25-11-9-22(31)19-28(25)36-27-12-10-24(39-2)20-26(27)29;1-8-6-2-4-7(9)5-3-6;1-2/h3-5,7-12,19-20,33H,1,6,13-18,21H2,2H3,(H,34,36);2-5,9H,1H2;2H2,1H3/b35-30+;;. The van der Waals surface area contributed by atoms with Crippen LogP contribution in [0.25, 0.3) is 21.8 Å². The van der Waals surface area contributed by atoms with E-state index >= 15 is 0 Å². The lowest BCUT2D eigenvalue weighted by Crippen LogP contribution is -2.48. The molecular formula is C38H46ClN9O2. The number of aliphatic imine (C=N–C) groups is 3. The minimum atomic E-state index is 0.252. The number of aromatic hydroxyl groups is 1. The number of phenols is 1. The Labute approximate surface area is 299 Å². The average Bonchev–Trinajstić information content (AvgIpc) is 3.17. The van der Waals surface area contributed by atoms with Crippen LogP contribution in [0.3, 0.4) is 0 Å². The van der Waals surface area contributed by atoms with Gasteiger partial charge in [-0.3, -0.25) is 10.3 Å². The van der Waals surface area contributed by atoms with Crippen LogP contribution >= 0.6 is 11.6 Å². The van der Waals surface area contributed by atoms with E-state index in [0.717, 1.165) is 84.6 Å². The lowest BCUT2D eigenvalue weighted by molar-refractivity contribution is 0.380. The molecule has 0 bridgehead atoms. The summed E-state index contributed by atoms with van der Waals surface area (Å²) in [7, 11) is 3.18. The number of anilines is 2. The third-order valence-electron chi connectivity index (χ3n) is 7.97. The quantitative estimate of drug-likeness (QED) is 0.0557. The van der Waals surface area contributed by atoms with E-state index in [4.69, 9.17) is 26.4 Å². The number of nitrogens with two attached hydrogens (primary N) is 1. The molecule has 0 unspecified atom stereocenters. The number of rotatable bonds is 10. The number of pyridine rings is 1. The average molecular weight is 696 g/mol. The largest absolute Gasteiger partial charge is 0.508 e. The smallest absolute Gasteiger partial charge is 0.221 e. The van der Waals surface area contributed by atoms with Crippen LogP contribution in [-0.2, 0) is 0 Å². The molecule has 2 heterocycles. The molecule has 12 heteroatoms. The number of methoxy groups -OCH3 is 1. The van der Waals surface area contributed by atoms with Crippen molar-refractivity contribution in [3.63, 3.8) is 0 Å². The maximum absolute atomic E-state index is 8.79. The number of ether oxygens (including phenoxy) is 1. The number of benzene rings is 4. The van der Waals surface area contributed by atoms with E-state index < -0.39 is 0 Å². The van der Waals surface area contributed by atoms with Gasteiger partial charge in [0.2, 0.25) is 5.96 Å². The van der Waals surface area contributed by atoms with Gasteiger partial charge in [-0.1, -0.05) is 29.8 Å². The second-order valence-electron chi connectivity index (χ2n) is 11.1. The van der Waals surface area contributed by atoms with Gasteiger partial charge in [0.15, 0.2) is 0 Å². The first-order valence-electron chi connectivity index (χ1n) is 16.4. The van der Waals surface area contributed by atoms with Gasteiger partial charge in [0, 0.05) is 54.2 Å². The highest BCUT2D eigenvalue weighted by atomic mass is 35.5. The zero-order valence-electron chi connectivity index (χ0n) is 28.7. The molecule has 5 N–H and O–H groups in total. The van der Waals surface area contributed by atoms with E-state index in [1.807, 2.05) is 42.5 Å². The Morgan fingerprint density at radius 1 is 0.900 bits per heavy atom. The van der Waals surface area contributed by atoms with E-state index in [2.05, 4.69) is 78.8 Å². The van der Waals surface area contributed by atoms with E-state index in [-0.39, 0.29) is 5.75 Å². The molecule has 1 fully saturated rings. The van der Waals surface area contributed by atoms with Crippen molar-refractivity contribution in [3.8, 4) is 11.5 Å². The monoisotopic (exact) mass is 695 g/mol. The zero-order chi connectivity index (χ0) is 35.7. The highest BCUT2D eigenvalue weighted by molar-refractivity contribution is 6.31. The summed E-state index contributed by atoms with van der Waals surface area (Å²) in [5.41, 5.74) is 9.33. The van der Waals surface area contributed by atoms with Crippen LogP contribution in [0.5, 0.6) is 11.5 Å². The van der Waals surface area contributed by atoms with Gasteiger partial charge in [-0.05, 0) is 106 Å². The van der Waals surface area contributed by atoms with Gasteiger partial charge in [-0.2, -0.15) is 0 Å². The molecule has 0 amide bonds. The second-order valence-corrected chi connectivity index (χ2v) is 11.5. The summed E-state index contributed by atoms with van der Waals surface area (Å²) in [5, 5.41) is 18.6. The topological polar surface area (TPSA) is 136 Å². The third-order valence-corrected chi connectivity index (χ3v) is 8.20. The van der Waals surface area contributed by atoms with Gasteiger partial charge in [0.25, 0.3) is 0 Å². The Balaban J connectivity index is 0.000000440. The first kappa shape index (κ1) is 37.6. The molecule has 4 aromatic carbocycles. The molecule has 0 radical (unpaired) electrons. The summed E-state index contributed by atoms with van der Waals surface area (Å²) >= 11 is 6.24. The number of nitrogens with one attached hydrogen (secondary N) is 2. The lowest BCUT2D eigenvalue weighted by atomic mass is 10.1. The van der Waals surface area contributed by atoms with Crippen molar-refractivity contribution in [1.82, 2.24) is 15.2 Å². The van der Waals surface area contributed by atoms with Crippen LogP contribution in [-0.4, -0.2) is 94.5 Å². The number of hydrogen-bond acceptors (Lipinski definition) is 9. The first-order chi connectivity index (χ1) is 24.5. The summed E-state index contributed by atoms with van der Waals surface area (Å²) in [6.45, 7) is 12.8. The number of guanidine groups is 1. The summed E-state index contributed by atoms with van der Waals surface area (Å²) in [5.74, 6) is 1.76. The van der Waals surface area contributed by atoms with Crippen molar-refractivity contribution in [1.29, 1.82) is 0 Å². The van der Waals surface area contributed by atoms with E-state index in [1.54, 1.807) is 31.4 Å². The van der Waals surface area contributed by atoms with E-state index in [0.29, 0.717) is 17.7 Å². The number of para-hydroxylation sites is 1. The summed E-state index contributed by atoms with van der Waals surface area (Å²) in [6, 6.07) is 28.8. The fourth-order valence-electron chi connectivity index (χ4n) is 5.46. The van der Waals surface area contributed by atoms with Crippen LogP contribution in [0.1, 0.15) is 6.42 Å². The molecule has 1 aromatic heterocycles. The van der Waals surface area contributed by atoms with Crippen LogP contribution in [0, 0.1) is 0 Å².